The molecule has 0 aromatic carbocycles. The quantitative estimate of drug-likeness (QED) is 0.735. The fourth-order valence-electron chi connectivity index (χ4n) is 7.07. The molecule has 4 aliphatic carbocycles. The maximum Gasteiger partial charge on any atom is 0.397 e. The standard InChI is InChI=1S/C19H28O6S/c1-18-8-7-12(25-26(22,23)24)9-11(18)3-4-13-14-5-6-16(21)19(14,2)10-15(20)17(13)18/h11-14,17H,3-10H2,1-2H3,(H,22,23,24)/t11?,12?,13-,14-,17+,18-,19-/m0/s1. The van der Waals surface area contributed by atoms with E-state index in [0.717, 1.165) is 25.7 Å². The van der Waals surface area contributed by atoms with Crippen LogP contribution in [0.25, 0.3) is 0 Å². The summed E-state index contributed by atoms with van der Waals surface area (Å²) < 4.78 is 35.9. The zero-order chi connectivity index (χ0) is 18.9. The summed E-state index contributed by atoms with van der Waals surface area (Å²) in [4.78, 5) is 25.6. The topological polar surface area (TPSA) is 97.7 Å². The van der Waals surface area contributed by atoms with E-state index in [0.29, 0.717) is 31.6 Å². The van der Waals surface area contributed by atoms with Crippen LogP contribution < -0.4 is 0 Å². The molecule has 0 radical (unpaired) electrons. The molecule has 0 saturated heterocycles. The molecule has 0 aromatic rings. The molecule has 2 unspecified atom stereocenters. The van der Waals surface area contributed by atoms with E-state index in [1.54, 1.807) is 0 Å². The van der Waals surface area contributed by atoms with Crippen molar-refractivity contribution in [2.24, 2.45) is 34.5 Å². The minimum absolute atomic E-state index is 0.0306. The molecule has 7 atom stereocenters. The van der Waals surface area contributed by atoms with Gasteiger partial charge in [0.05, 0.1) is 6.10 Å². The average molecular weight is 384 g/mol. The number of rotatable bonds is 2. The van der Waals surface area contributed by atoms with Crippen LogP contribution >= 0.6 is 0 Å². The lowest BCUT2D eigenvalue weighted by Crippen LogP contribution is -2.57. The molecule has 0 bridgehead atoms. The van der Waals surface area contributed by atoms with Crippen molar-refractivity contribution >= 4 is 22.0 Å². The number of fused-ring (bicyclic) bond motifs is 5. The van der Waals surface area contributed by atoms with Crippen LogP contribution in [0.15, 0.2) is 0 Å². The van der Waals surface area contributed by atoms with E-state index in [9.17, 15) is 18.0 Å². The van der Waals surface area contributed by atoms with Crippen LogP contribution in [-0.4, -0.2) is 30.6 Å². The maximum atomic E-state index is 13.2. The van der Waals surface area contributed by atoms with Gasteiger partial charge in [-0.3, -0.25) is 14.1 Å². The Balaban J connectivity index is 1.60. The summed E-state index contributed by atoms with van der Waals surface area (Å²) in [7, 11) is -4.45. The van der Waals surface area contributed by atoms with Crippen molar-refractivity contribution in [2.45, 2.75) is 71.3 Å². The normalized spacial score (nSPS) is 48.7. The van der Waals surface area contributed by atoms with Crippen LogP contribution in [-0.2, 0) is 24.2 Å². The first-order chi connectivity index (χ1) is 12.0. The number of hydrogen-bond acceptors (Lipinski definition) is 5. The lowest BCUT2D eigenvalue weighted by atomic mass is 9.45. The molecule has 146 valence electrons. The van der Waals surface area contributed by atoms with Crippen LogP contribution in [0, 0.1) is 34.5 Å². The highest BCUT2D eigenvalue weighted by Crippen LogP contribution is 2.64. The van der Waals surface area contributed by atoms with Crippen molar-refractivity contribution in [3.63, 3.8) is 0 Å². The number of Topliss-reactive ketones (excluding diaryl/α,β-unsaturated/α-hetero) is 2. The smallest absolute Gasteiger partial charge is 0.299 e. The summed E-state index contributed by atoms with van der Waals surface area (Å²) in [6.07, 6.45) is 5.03. The van der Waals surface area contributed by atoms with Crippen LogP contribution in [0.1, 0.15) is 65.2 Å². The van der Waals surface area contributed by atoms with E-state index in [-0.39, 0.29) is 34.7 Å². The number of carbonyl (C=O) groups is 2. The van der Waals surface area contributed by atoms with Gasteiger partial charge < -0.3 is 0 Å². The molecule has 7 heteroatoms. The van der Waals surface area contributed by atoms with Gasteiger partial charge in [-0.2, -0.15) is 8.42 Å². The third kappa shape index (κ3) is 2.69. The molecule has 0 heterocycles. The molecule has 6 nitrogen and oxygen atoms in total. The van der Waals surface area contributed by atoms with E-state index in [1.165, 1.54) is 0 Å². The van der Waals surface area contributed by atoms with Crippen molar-refractivity contribution in [3.8, 4) is 0 Å². The highest BCUT2D eigenvalue weighted by molar-refractivity contribution is 7.80. The molecule has 4 saturated carbocycles. The van der Waals surface area contributed by atoms with Crippen molar-refractivity contribution in [3.05, 3.63) is 0 Å². The second-order valence-electron chi connectivity index (χ2n) is 9.47. The molecule has 0 aliphatic heterocycles. The van der Waals surface area contributed by atoms with Gasteiger partial charge in [0.2, 0.25) is 0 Å². The molecule has 0 aromatic heterocycles. The van der Waals surface area contributed by atoms with E-state index in [4.69, 9.17) is 8.74 Å². The molecule has 4 rings (SSSR count). The third-order valence-corrected chi connectivity index (χ3v) is 8.79. The van der Waals surface area contributed by atoms with Gasteiger partial charge in [-0.15, -0.1) is 0 Å². The average Bonchev–Trinajstić information content (AvgIpc) is 2.81. The van der Waals surface area contributed by atoms with E-state index in [1.807, 2.05) is 6.92 Å². The van der Waals surface area contributed by atoms with Crippen LogP contribution in [0.5, 0.6) is 0 Å². The third-order valence-electron chi connectivity index (χ3n) is 8.27. The predicted octanol–water partition coefficient (Wildman–Crippen LogP) is 2.97. The van der Waals surface area contributed by atoms with E-state index in [2.05, 4.69) is 6.92 Å². The Morgan fingerprint density at radius 2 is 1.85 bits per heavy atom. The van der Waals surface area contributed by atoms with Crippen molar-refractivity contribution in [1.29, 1.82) is 0 Å². The molecule has 26 heavy (non-hydrogen) atoms. The van der Waals surface area contributed by atoms with Crippen molar-refractivity contribution in [1.82, 2.24) is 0 Å². The summed E-state index contributed by atoms with van der Waals surface area (Å²) >= 11 is 0. The Labute approximate surface area is 155 Å². The number of carbonyl (C=O) groups excluding carboxylic acids is 2. The molecule has 0 amide bonds. The fourth-order valence-corrected chi connectivity index (χ4v) is 7.59. The van der Waals surface area contributed by atoms with E-state index < -0.39 is 21.9 Å². The van der Waals surface area contributed by atoms with Gasteiger partial charge in [0.1, 0.15) is 11.6 Å². The van der Waals surface area contributed by atoms with Gasteiger partial charge in [-0.05, 0) is 61.7 Å². The zero-order valence-electron chi connectivity index (χ0n) is 15.4. The minimum Gasteiger partial charge on any atom is -0.299 e. The Bertz CT molecular complexity index is 745. The van der Waals surface area contributed by atoms with Gasteiger partial charge in [-0.1, -0.05) is 13.8 Å². The number of hydrogen-bond donors (Lipinski definition) is 1. The number of ketones is 2. The van der Waals surface area contributed by atoms with Crippen LogP contribution in [0.3, 0.4) is 0 Å². The van der Waals surface area contributed by atoms with Gasteiger partial charge in [0, 0.05) is 24.2 Å². The summed E-state index contributed by atoms with van der Waals surface area (Å²) in [6, 6.07) is 0. The predicted molar refractivity (Wildman–Crippen MR) is 93.5 cm³/mol. The monoisotopic (exact) mass is 384 g/mol. The van der Waals surface area contributed by atoms with E-state index >= 15 is 0 Å². The van der Waals surface area contributed by atoms with Crippen LogP contribution in [0.4, 0.5) is 0 Å². The zero-order valence-corrected chi connectivity index (χ0v) is 16.3. The highest BCUT2D eigenvalue weighted by atomic mass is 32.3. The Hall–Kier alpha value is -0.790. The Kier molecular flexibility index (Phi) is 4.18. The van der Waals surface area contributed by atoms with Gasteiger partial charge in [0.25, 0.3) is 0 Å². The van der Waals surface area contributed by atoms with Gasteiger partial charge >= 0.3 is 10.4 Å². The van der Waals surface area contributed by atoms with Crippen molar-refractivity contribution < 1.29 is 26.7 Å². The SMILES string of the molecule is C[C@]12CCC(OS(=O)(=O)O)CC1CC[C@@H]1[C@@H]2C(=O)C[C@]2(C)C(=O)CC[C@@H]12. The molecular formula is C19H28O6S. The van der Waals surface area contributed by atoms with Gasteiger partial charge in [0.15, 0.2) is 0 Å². The first kappa shape index (κ1) is 18.6. The first-order valence-corrected chi connectivity index (χ1v) is 11.1. The fraction of sp³-hybridized carbons (Fsp3) is 0.895. The second kappa shape index (κ2) is 5.85. The minimum atomic E-state index is -4.45. The van der Waals surface area contributed by atoms with Gasteiger partial charge in [-0.25, -0.2) is 4.18 Å². The lowest BCUT2D eigenvalue weighted by Gasteiger charge is -2.59. The molecule has 4 aliphatic rings. The van der Waals surface area contributed by atoms with Crippen molar-refractivity contribution in [2.75, 3.05) is 0 Å². The lowest BCUT2D eigenvalue weighted by molar-refractivity contribution is -0.162. The first-order valence-electron chi connectivity index (χ1n) is 9.76. The Morgan fingerprint density at radius 1 is 1.12 bits per heavy atom. The highest BCUT2D eigenvalue weighted by Gasteiger charge is 2.63. The summed E-state index contributed by atoms with van der Waals surface area (Å²) in [5.74, 6) is 1.25. The second-order valence-corrected chi connectivity index (χ2v) is 10.5. The van der Waals surface area contributed by atoms with Crippen LogP contribution in [0.2, 0.25) is 0 Å². The molecule has 0 spiro atoms. The molecule has 1 N–H and O–H groups in total. The largest absolute Gasteiger partial charge is 0.397 e. The molecular weight excluding hydrogens is 356 g/mol. The molecule has 4 fully saturated rings. The summed E-state index contributed by atoms with van der Waals surface area (Å²) in [5.41, 5.74) is -0.626. The summed E-state index contributed by atoms with van der Waals surface area (Å²) in [6.45, 7) is 4.17. The Morgan fingerprint density at radius 3 is 2.54 bits per heavy atom. The maximum absolute atomic E-state index is 13.2. The summed E-state index contributed by atoms with van der Waals surface area (Å²) in [5, 5.41) is 0.